The SMILES string of the molecule is C1C[C@H]2CN[C@@H]2CN1. The number of fused-ring (bicyclic) bond motifs is 1. The van der Waals surface area contributed by atoms with Gasteiger partial charge in [0.25, 0.3) is 0 Å². The van der Waals surface area contributed by atoms with Crippen LogP contribution in [0.2, 0.25) is 0 Å². The van der Waals surface area contributed by atoms with Crippen LogP contribution in [0.4, 0.5) is 0 Å². The standard InChI is InChI=1S/C6H12N2/c1-2-7-4-6-5(1)3-8-6/h5-8H,1-4H2/t5-,6+/m0/s1. The summed E-state index contributed by atoms with van der Waals surface area (Å²) in [7, 11) is 0. The summed E-state index contributed by atoms with van der Waals surface area (Å²) in [5.74, 6) is 1.01. The van der Waals surface area contributed by atoms with E-state index in [4.69, 9.17) is 0 Å². The minimum atomic E-state index is 0.823. The van der Waals surface area contributed by atoms with E-state index in [0.717, 1.165) is 12.0 Å². The van der Waals surface area contributed by atoms with Crippen LogP contribution in [0.25, 0.3) is 0 Å². The predicted molar refractivity (Wildman–Crippen MR) is 32.8 cm³/mol. The van der Waals surface area contributed by atoms with Gasteiger partial charge in [-0.1, -0.05) is 0 Å². The van der Waals surface area contributed by atoms with E-state index in [1.54, 1.807) is 0 Å². The summed E-state index contributed by atoms with van der Waals surface area (Å²) in [6.07, 6.45) is 1.39. The van der Waals surface area contributed by atoms with Crippen LogP contribution in [0.15, 0.2) is 0 Å². The Hall–Kier alpha value is -0.0800. The highest BCUT2D eigenvalue weighted by molar-refractivity contribution is 4.92. The fourth-order valence-corrected chi connectivity index (χ4v) is 1.54. The Morgan fingerprint density at radius 2 is 2.25 bits per heavy atom. The summed E-state index contributed by atoms with van der Waals surface area (Å²) in [6, 6.07) is 0.823. The number of rotatable bonds is 0. The van der Waals surface area contributed by atoms with E-state index in [9.17, 15) is 0 Å². The molecule has 2 heteroatoms. The number of piperidine rings is 1. The van der Waals surface area contributed by atoms with Crippen molar-refractivity contribution in [3.8, 4) is 0 Å². The topological polar surface area (TPSA) is 24.1 Å². The van der Waals surface area contributed by atoms with E-state index in [-0.39, 0.29) is 0 Å². The molecule has 0 aromatic heterocycles. The molecule has 8 heavy (non-hydrogen) atoms. The molecule has 2 N–H and O–H groups in total. The highest BCUT2D eigenvalue weighted by Gasteiger charge is 2.31. The van der Waals surface area contributed by atoms with Gasteiger partial charge in [0.2, 0.25) is 0 Å². The molecule has 0 aromatic rings. The summed E-state index contributed by atoms with van der Waals surface area (Å²) in [4.78, 5) is 0. The maximum absolute atomic E-state index is 3.38. The van der Waals surface area contributed by atoms with Crippen LogP contribution < -0.4 is 10.6 Å². The minimum Gasteiger partial charge on any atom is -0.315 e. The Morgan fingerprint density at radius 1 is 1.25 bits per heavy atom. The first-order valence-electron chi connectivity index (χ1n) is 3.41. The van der Waals surface area contributed by atoms with Crippen LogP contribution in [-0.2, 0) is 0 Å². The molecule has 46 valence electrons. The van der Waals surface area contributed by atoms with Gasteiger partial charge in [-0.05, 0) is 25.4 Å². The number of hydrogen-bond acceptors (Lipinski definition) is 2. The first-order chi connectivity index (χ1) is 3.97. The third-order valence-corrected chi connectivity index (χ3v) is 2.27. The van der Waals surface area contributed by atoms with E-state index >= 15 is 0 Å². The van der Waals surface area contributed by atoms with Crippen molar-refractivity contribution in [1.82, 2.24) is 10.6 Å². The van der Waals surface area contributed by atoms with Gasteiger partial charge in [-0.25, -0.2) is 0 Å². The monoisotopic (exact) mass is 112 g/mol. The quantitative estimate of drug-likeness (QED) is 0.444. The number of hydrogen-bond donors (Lipinski definition) is 2. The summed E-state index contributed by atoms with van der Waals surface area (Å²) < 4.78 is 0. The predicted octanol–water partition coefficient (Wildman–Crippen LogP) is -0.432. The fourth-order valence-electron chi connectivity index (χ4n) is 1.54. The molecular weight excluding hydrogens is 100 g/mol. The van der Waals surface area contributed by atoms with Gasteiger partial charge in [0, 0.05) is 12.6 Å². The zero-order valence-electron chi connectivity index (χ0n) is 4.98. The van der Waals surface area contributed by atoms with E-state index < -0.39 is 0 Å². The van der Waals surface area contributed by atoms with Gasteiger partial charge in [0.15, 0.2) is 0 Å². The van der Waals surface area contributed by atoms with Gasteiger partial charge in [-0.2, -0.15) is 0 Å². The van der Waals surface area contributed by atoms with Crippen molar-refractivity contribution in [1.29, 1.82) is 0 Å². The molecule has 2 nitrogen and oxygen atoms in total. The lowest BCUT2D eigenvalue weighted by Gasteiger charge is -2.41. The zero-order chi connectivity index (χ0) is 5.40. The van der Waals surface area contributed by atoms with Crippen LogP contribution in [0.3, 0.4) is 0 Å². The lowest BCUT2D eigenvalue weighted by molar-refractivity contribution is 0.180. The van der Waals surface area contributed by atoms with Gasteiger partial charge in [0.1, 0.15) is 0 Å². The summed E-state index contributed by atoms with van der Waals surface area (Å²) >= 11 is 0. The largest absolute Gasteiger partial charge is 0.315 e. The molecule has 0 saturated carbocycles. The van der Waals surface area contributed by atoms with E-state index in [1.165, 1.54) is 26.1 Å². The Bertz CT molecular complexity index is 80.5. The van der Waals surface area contributed by atoms with Gasteiger partial charge in [-0.15, -0.1) is 0 Å². The maximum Gasteiger partial charge on any atom is 0.0233 e. The molecule has 0 bridgehead atoms. The normalized spacial score (nSPS) is 45.0. The molecule has 2 saturated heterocycles. The third kappa shape index (κ3) is 0.565. The average molecular weight is 112 g/mol. The van der Waals surface area contributed by atoms with Crippen LogP contribution in [0, 0.1) is 5.92 Å². The van der Waals surface area contributed by atoms with Crippen molar-refractivity contribution >= 4 is 0 Å². The van der Waals surface area contributed by atoms with Crippen molar-refractivity contribution in [3.63, 3.8) is 0 Å². The molecule has 0 unspecified atom stereocenters. The molecule has 2 fully saturated rings. The Kier molecular flexibility index (Phi) is 1.02. The molecule has 2 aliphatic heterocycles. The molecule has 2 aliphatic rings. The van der Waals surface area contributed by atoms with Gasteiger partial charge in [0.05, 0.1) is 0 Å². The van der Waals surface area contributed by atoms with Gasteiger partial charge in [-0.3, -0.25) is 0 Å². The molecule has 2 heterocycles. The second kappa shape index (κ2) is 1.71. The summed E-state index contributed by atoms with van der Waals surface area (Å²) in [5, 5.41) is 6.74. The van der Waals surface area contributed by atoms with Crippen molar-refractivity contribution < 1.29 is 0 Å². The average Bonchev–Trinajstić information content (AvgIpc) is 1.72. The number of nitrogens with one attached hydrogen (secondary N) is 2. The van der Waals surface area contributed by atoms with Crippen LogP contribution >= 0.6 is 0 Å². The van der Waals surface area contributed by atoms with Crippen LogP contribution in [-0.4, -0.2) is 25.7 Å². The summed E-state index contributed by atoms with van der Waals surface area (Å²) in [5.41, 5.74) is 0. The lowest BCUT2D eigenvalue weighted by Crippen LogP contribution is -2.61. The molecular formula is C6H12N2. The Morgan fingerprint density at radius 3 is 2.62 bits per heavy atom. The van der Waals surface area contributed by atoms with E-state index in [1.807, 2.05) is 0 Å². The molecule has 0 radical (unpaired) electrons. The lowest BCUT2D eigenvalue weighted by atomic mass is 9.86. The second-order valence-electron chi connectivity index (χ2n) is 2.77. The van der Waals surface area contributed by atoms with Crippen LogP contribution in [0.5, 0.6) is 0 Å². The smallest absolute Gasteiger partial charge is 0.0233 e. The highest BCUT2D eigenvalue weighted by Crippen LogP contribution is 2.18. The molecule has 0 amide bonds. The van der Waals surface area contributed by atoms with Crippen LogP contribution in [0.1, 0.15) is 6.42 Å². The van der Waals surface area contributed by atoms with E-state index in [2.05, 4.69) is 10.6 Å². The van der Waals surface area contributed by atoms with Gasteiger partial charge >= 0.3 is 0 Å². The Labute approximate surface area is 49.7 Å². The summed E-state index contributed by atoms with van der Waals surface area (Å²) in [6.45, 7) is 3.71. The first-order valence-corrected chi connectivity index (χ1v) is 3.41. The van der Waals surface area contributed by atoms with Crippen molar-refractivity contribution in [2.24, 2.45) is 5.92 Å². The third-order valence-electron chi connectivity index (χ3n) is 2.27. The minimum absolute atomic E-state index is 0.823. The Balaban J connectivity index is 1.92. The molecule has 2 rings (SSSR count). The van der Waals surface area contributed by atoms with Crippen molar-refractivity contribution in [2.45, 2.75) is 12.5 Å². The molecule has 0 aromatic carbocycles. The highest BCUT2D eigenvalue weighted by atomic mass is 15.1. The van der Waals surface area contributed by atoms with E-state index in [0.29, 0.717) is 0 Å². The molecule has 0 aliphatic carbocycles. The maximum atomic E-state index is 3.38. The molecule has 2 atom stereocenters. The second-order valence-corrected chi connectivity index (χ2v) is 2.77. The van der Waals surface area contributed by atoms with Gasteiger partial charge < -0.3 is 10.6 Å². The first kappa shape index (κ1) is 4.77. The van der Waals surface area contributed by atoms with Crippen molar-refractivity contribution in [3.05, 3.63) is 0 Å². The fraction of sp³-hybridized carbons (Fsp3) is 1.00. The zero-order valence-corrected chi connectivity index (χ0v) is 4.98. The molecule has 0 spiro atoms. The van der Waals surface area contributed by atoms with Crippen molar-refractivity contribution in [2.75, 3.05) is 19.6 Å².